The maximum absolute atomic E-state index is 14.7. The van der Waals surface area contributed by atoms with Gasteiger partial charge in [-0.25, -0.2) is 9.37 Å². The van der Waals surface area contributed by atoms with Crippen LogP contribution in [0.25, 0.3) is 0 Å². The summed E-state index contributed by atoms with van der Waals surface area (Å²) in [6.45, 7) is 2.34. The summed E-state index contributed by atoms with van der Waals surface area (Å²) < 4.78 is 14.7. The van der Waals surface area contributed by atoms with Gasteiger partial charge in [0.2, 0.25) is 5.95 Å². The van der Waals surface area contributed by atoms with E-state index in [1.807, 2.05) is 24.3 Å². The molecule has 0 saturated heterocycles. The van der Waals surface area contributed by atoms with Crippen molar-refractivity contribution in [3.8, 4) is 0 Å². The number of halogens is 2. The van der Waals surface area contributed by atoms with Gasteiger partial charge in [0.15, 0.2) is 11.6 Å². The van der Waals surface area contributed by atoms with Crippen LogP contribution in [-0.4, -0.2) is 40.3 Å². The summed E-state index contributed by atoms with van der Waals surface area (Å²) in [5.74, 6) is 3.19. The molecule has 5 aliphatic carbocycles. The molecule has 5 atom stereocenters. The van der Waals surface area contributed by atoms with Gasteiger partial charge in [-0.1, -0.05) is 29.8 Å². The first-order valence-corrected chi connectivity index (χ1v) is 14.5. The third kappa shape index (κ3) is 5.59. The first kappa shape index (κ1) is 25.3. The zero-order valence-corrected chi connectivity index (χ0v) is 22.2. The Morgan fingerprint density at radius 3 is 2.54 bits per heavy atom. The van der Waals surface area contributed by atoms with E-state index in [0.717, 1.165) is 50.3 Å². The predicted molar refractivity (Wildman–Crippen MR) is 145 cm³/mol. The molecule has 7 rings (SSSR count). The molecule has 1 aromatic heterocycles. The number of aliphatic hydroxyl groups excluding tert-OH is 1. The van der Waals surface area contributed by atoms with Gasteiger partial charge in [-0.15, -0.1) is 0 Å². The Hall–Kier alpha value is -1.96. The molecule has 1 aromatic carbocycles. The van der Waals surface area contributed by atoms with Crippen LogP contribution in [0.4, 0.5) is 16.2 Å². The third-order valence-electron chi connectivity index (χ3n) is 9.63. The second-order valence-corrected chi connectivity index (χ2v) is 12.7. The Balaban J connectivity index is 1.06. The highest BCUT2D eigenvalue weighted by atomic mass is 35.5. The molecule has 5 saturated carbocycles. The summed E-state index contributed by atoms with van der Waals surface area (Å²) in [5.41, 5.74) is 1.18. The van der Waals surface area contributed by atoms with Crippen molar-refractivity contribution >= 4 is 23.4 Å². The number of aliphatic hydroxyl groups is 1. The Kier molecular flexibility index (Phi) is 7.30. The summed E-state index contributed by atoms with van der Waals surface area (Å²) in [4.78, 5) is 8.58. The lowest BCUT2D eigenvalue weighted by atomic mass is 9.48. The first-order chi connectivity index (χ1) is 18.0. The first-order valence-electron chi connectivity index (χ1n) is 14.1. The van der Waals surface area contributed by atoms with Gasteiger partial charge in [0.1, 0.15) is 0 Å². The second-order valence-electron chi connectivity index (χ2n) is 12.3. The predicted octanol–water partition coefficient (Wildman–Crippen LogP) is 5.63. The lowest BCUT2D eigenvalue weighted by Gasteiger charge is -2.60. The highest BCUT2D eigenvalue weighted by molar-refractivity contribution is 6.31. The van der Waals surface area contributed by atoms with Crippen LogP contribution in [0.1, 0.15) is 63.4 Å². The van der Waals surface area contributed by atoms with Crippen molar-refractivity contribution in [3.63, 3.8) is 0 Å². The molecule has 0 aliphatic heterocycles. The van der Waals surface area contributed by atoms with Crippen LogP contribution >= 0.6 is 11.6 Å². The van der Waals surface area contributed by atoms with Gasteiger partial charge in [0.25, 0.3) is 0 Å². The molecular weight excluding hydrogens is 489 g/mol. The molecule has 200 valence electrons. The van der Waals surface area contributed by atoms with E-state index in [1.54, 1.807) is 0 Å². The minimum absolute atomic E-state index is 0.0845. The van der Waals surface area contributed by atoms with Gasteiger partial charge < -0.3 is 21.1 Å². The van der Waals surface area contributed by atoms with Crippen LogP contribution in [0.2, 0.25) is 5.02 Å². The van der Waals surface area contributed by atoms with Crippen molar-refractivity contribution in [3.05, 3.63) is 46.9 Å². The molecule has 37 heavy (non-hydrogen) atoms. The van der Waals surface area contributed by atoms with Gasteiger partial charge in [0.05, 0.1) is 12.3 Å². The summed E-state index contributed by atoms with van der Waals surface area (Å²) >= 11 is 6.25. The summed E-state index contributed by atoms with van der Waals surface area (Å²) in [5, 5.41) is 21.1. The molecule has 0 radical (unpaired) electrons. The number of nitrogens with zero attached hydrogens (tertiary/aromatic N) is 2. The summed E-state index contributed by atoms with van der Waals surface area (Å²) in [6.07, 6.45) is 11.7. The molecule has 4 N–H and O–H groups in total. The number of anilines is 2. The van der Waals surface area contributed by atoms with E-state index in [-0.39, 0.29) is 17.3 Å². The molecule has 8 heteroatoms. The normalized spacial score (nSPS) is 34.5. The van der Waals surface area contributed by atoms with Crippen molar-refractivity contribution in [2.24, 2.45) is 29.1 Å². The molecule has 3 unspecified atom stereocenters. The maximum atomic E-state index is 14.7. The average Bonchev–Trinajstić information content (AvgIpc) is 2.88. The topological polar surface area (TPSA) is 82.1 Å². The van der Waals surface area contributed by atoms with Crippen molar-refractivity contribution in [1.29, 1.82) is 0 Å². The Labute approximate surface area is 224 Å². The van der Waals surface area contributed by atoms with Crippen LogP contribution in [0.5, 0.6) is 0 Å². The molecular formula is C29H39ClFN5O. The van der Waals surface area contributed by atoms with E-state index in [1.165, 1.54) is 38.3 Å². The fourth-order valence-electron chi connectivity index (χ4n) is 8.06. The SMILES string of the molecule is OC1CCC(CNC2[C@@H]3CC4C[C@H]2CC(CNc2nc(NCc5ccccc5Cl)ncc2F)(C4)C3)CC1. The summed E-state index contributed by atoms with van der Waals surface area (Å²) in [6, 6.07) is 8.26. The monoisotopic (exact) mass is 527 g/mol. The quantitative estimate of drug-likeness (QED) is 0.338. The minimum Gasteiger partial charge on any atom is -0.393 e. The lowest BCUT2D eigenvalue weighted by Crippen LogP contribution is -2.60. The Morgan fingerprint density at radius 2 is 1.78 bits per heavy atom. The number of rotatable bonds is 9. The molecule has 0 spiro atoms. The fourth-order valence-corrected chi connectivity index (χ4v) is 8.26. The maximum Gasteiger partial charge on any atom is 0.225 e. The molecule has 0 amide bonds. The van der Waals surface area contributed by atoms with Gasteiger partial charge in [-0.05, 0) is 105 Å². The van der Waals surface area contributed by atoms with Crippen molar-refractivity contribution < 1.29 is 9.50 Å². The van der Waals surface area contributed by atoms with E-state index in [0.29, 0.717) is 41.3 Å². The lowest BCUT2D eigenvalue weighted by molar-refractivity contribution is -0.0705. The van der Waals surface area contributed by atoms with Crippen LogP contribution in [0.15, 0.2) is 30.5 Å². The number of benzene rings is 1. The van der Waals surface area contributed by atoms with E-state index in [2.05, 4.69) is 25.9 Å². The van der Waals surface area contributed by atoms with Crippen molar-refractivity contribution in [2.75, 3.05) is 23.7 Å². The highest BCUT2D eigenvalue weighted by Gasteiger charge is 2.55. The largest absolute Gasteiger partial charge is 0.393 e. The van der Waals surface area contributed by atoms with Gasteiger partial charge in [-0.3, -0.25) is 0 Å². The summed E-state index contributed by atoms with van der Waals surface area (Å²) in [7, 11) is 0. The average molecular weight is 528 g/mol. The highest BCUT2D eigenvalue weighted by Crippen LogP contribution is 2.60. The van der Waals surface area contributed by atoms with Crippen molar-refractivity contribution in [2.45, 2.75) is 76.5 Å². The van der Waals surface area contributed by atoms with Crippen LogP contribution in [0, 0.1) is 34.9 Å². The van der Waals surface area contributed by atoms with E-state index < -0.39 is 5.82 Å². The number of aromatic nitrogens is 2. The number of hydrogen-bond acceptors (Lipinski definition) is 6. The van der Waals surface area contributed by atoms with E-state index in [9.17, 15) is 9.50 Å². The van der Waals surface area contributed by atoms with Crippen molar-refractivity contribution in [1.82, 2.24) is 15.3 Å². The molecule has 5 aliphatic rings. The van der Waals surface area contributed by atoms with Crippen LogP contribution < -0.4 is 16.0 Å². The zero-order chi connectivity index (χ0) is 25.4. The number of hydrogen-bond donors (Lipinski definition) is 4. The third-order valence-corrected chi connectivity index (χ3v) is 10.00. The Bertz CT molecular complexity index is 1080. The minimum atomic E-state index is -0.412. The van der Waals surface area contributed by atoms with Crippen LogP contribution in [-0.2, 0) is 6.54 Å². The number of nitrogens with one attached hydrogen (secondary N) is 3. The molecule has 1 heterocycles. The standard InChI is InChI=1S/C29H39ClFN5O/c30-24-4-2-1-3-20(24)15-33-28-34-16-25(31)27(36-28)35-17-29-11-19-9-21(12-29)26(22(10-19)13-29)32-14-18-5-7-23(37)8-6-18/h1-4,16,18-19,21-23,26,32,37H,5-15,17H2,(H2,33,34,35,36)/t18?,19?,21-,22+,23?,26?,29?. The van der Waals surface area contributed by atoms with E-state index in [4.69, 9.17) is 11.6 Å². The fraction of sp³-hybridized carbons (Fsp3) is 0.655. The molecule has 5 fully saturated rings. The molecule has 6 nitrogen and oxygen atoms in total. The Morgan fingerprint density at radius 1 is 1.03 bits per heavy atom. The molecule has 2 aromatic rings. The van der Waals surface area contributed by atoms with Crippen LogP contribution in [0.3, 0.4) is 0 Å². The van der Waals surface area contributed by atoms with Gasteiger partial charge in [0, 0.05) is 24.2 Å². The molecule has 4 bridgehead atoms. The van der Waals surface area contributed by atoms with Gasteiger partial charge >= 0.3 is 0 Å². The van der Waals surface area contributed by atoms with E-state index >= 15 is 0 Å². The zero-order valence-electron chi connectivity index (χ0n) is 21.4. The smallest absolute Gasteiger partial charge is 0.225 e. The van der Waals surface area contributed by atoms with Gasteiger partial charge in [-0.2, -0.15) is 4.98 Å². The second kappa shape index (κ2) is 10.7.